The lowest BCUT2D eigenvalue weighted by Gasteiger charge is -2.29. The van der Waals surface area contributed by atoms with Crippen molar-refractivity contribution in [3.63, 3.8) is 0 Å². The first-order chi connectivity index (χ1) is 13.8. The minimum Gasteiger partial charge on any atom is -0.395 e. The van der Waals surface area contributed by atoms with Crippen molar-refractivity contribution >= 4 is 16.6 Å². The number of aliphatic hydroxyl groups excluding tert-OH is 1. The summed E-state index contributed by atoms with van der Waals surface area (Å²) in [5, 5.41) is 22.6. The number of nitrogens with one attached hydrogen (secondary N) is 1. The van der Waals surface area contributed by atoms with Gasteiger partial charge >= 0.3 is 0 Å². The molecule has 6 nitrogen and oxygen atoms in total. The Balaban J connectivity index is 1.53. The highest BCUT2D eigenvalue weighted by Crippen LogP contribution is 2.27. The van der Waals surface area contributed by atoms with Crippen LogP contribution in [0.5, 0.6) is 0 Å². The van der Waals surface area contributed by atoms with Gasteiger partial charge in [0.05, 0.1) is 12.1 Å². The van der Waals surface area contributed by atoms with Crippen molar-refractivity contribution in [1.82, 2.24) is 24.9 Å². The second-order valence-corrected chi connectivity index (χ2v) is 7.57. The van der Waals surface area contributed by atoms with Gasteiger partial charge in [0.25, 0.3) is 0 Å². The molecule has 6 heteroatoms. The third-order valence-electron chi connectivity index (χ3n) is 5.68. The lowest BCUT2D eigenvalue weighted by atomic mass is 9.86. The Hall–Kier alpha value is -2.83. The molecule has 0 radical (unpaired) electrons. The predicted molar refractivity (Wildman–Crippen MR) is 109 cm³/mol. The zero-order valence-electron chi connectivity index (χ0n) is 15.6. The molecule has 2 atom stereocenters. The van der Waals surface area contributed by atoms with E-state index in [1.807, 2.05) is 34.9 Å². The topological polar surface area (TPSA) is 75.3 Å². The van der Waals surface area contributed by atoms with E-state index in [-0.39, 0.29) is 12.6 Å². The summed E-state index contributed by atoms with van der Waals surface area (Å²) in [4.78, 5) is 4.98. The third kappa shape index (κ3) is 3.15. The summed E-state index contributed by atoms with van der Waals surface area (Å²) in [6.45, 7) is 1.17. The molecule has 142 valence electrons. The zero-order chi connectivity index (χ0) is 18.9. The predicted octanol–water partition coefficient (Wildman–Crippen LogP) is 2.85. The van der Waals surface area contributed by atoms with Gasteiger partial charge in [-0.1, -0.05) is 30.3 Å². The van der Waals surface area contributed by atoms with Gasteiger partial charge in [0, 0.05) is 17.6 Å². The highest BCUT2D eigenvalue weighted by molar-refractivity contribution is 5.84. The van der Waals surface area contributed by atoms with Crippen LogP contribution in [0.3, 0.4) is 0 Å². The van der Waals surface area contributed by atoms with Crippen molar-refractivity contribution in [3.8, 4) is 11.5 Å². The summed E-state index contributed by atoms with van der Waals surface area (Å²) in [5.41, 5.74) is 3.94. The van der Waals surface area contributed by atoms with Crippen LogP contribution in [-0.4, -0.2) is 43.9 Å². The Bertz CT molecular complexity index is 1120. The fourth-order valence-corrected chi connectivity index (χ4v) is 4.24. The van der Waals surface area contributed by atoms with Crippen LogP contribution in [0, 0.1) is 5.92 Å². The van der Waals surface area contributed by atoms with E-state index in [4.69, 9.17) is 4.98 Å². The van der Waals surface area contributed by atoms with Gasteiger partial charge in [-0.25, -0.2) is 4.98 Å². The summed E-state index contributed by atoms with van der Waals surface area (Å²) >= 11 is 0. The molecule has 1 saturated heterocycles. The average Bonchev–Trinajstić information content (AvgIpc) is 3.18. The molecule has 5 rings (SSSR count). The number of hydrogen-bond donors (Lipinski definition) is 2. The molecule has 1 fully saturated rings. The van der Waals surface area contributed by atoms with E-state index in [1.165, 1.54) is 5.56 Å². The zero-order valence-corrected chi connectivity index (χ0v) is 15.6. The molecule has 0 unspecified atom stereocenters. The number of piperidine rings is 1. The maximum Gasteiger partial charge on any atom is 0.187 e. The summed E-state index contributed by atoms with van der Waals surface area (Å²) < 4.78 is 1.97. The Labute approximate surface area is 163 Å². The number of nitrogens with zero attached hydrogens (tertiary/aromatic N) is 4. The molecule has 28 heavy (non-hydrogen) atoms. The molecule has 4 aromatic rings. The number of aromatic nitrogens is 4. The van der Waals surface area contributed by atoms with E-state index in [0.29, 0.717) is 5.92 Å². The maximum absolute atomic E-state index is 9.49. The molecule has 1 aliphatic rings. The lowest BCUT2D eigenvalue weighted by molar-refractivity contribution is 0.192. The van der Waals surface area contributed by atoms with E-state index >= 15 is 0 Å². The fourth-order valence-electron chi connectivity index (χ4n) is 4.24. The van der Waals surface area contributed by atoms with Gasteiger partial charge < -0.3 is 10.4 Å². The smallest absolute Gasteiger partial charge is 0.187 e. The molecular formula is C22H23N5O. The van der Waals surface area contributed by atoms with E-state index in [1.54, 1.807) is 0 Å². The number of para-hydroxylation sites is 1. The first-order valence-electron chi connectivity index (χ1n) is 9.85. The summed E-state index contributed by atoms with van der Waals surface area (Å²) in [7, 11) is 0. The van der Waals surface area contributed by atoms with Crippen molar-refractivity contribution in [2.45, 2.75) is 25.3 Å². The molecule has 1 aromatic carbocycles. The summed E-state index contributed by atoms with van der Waals surface area (Å²) in [5.74, 6) is 1.32. The van der Waals surface area contributed by atoms with Gasteiger partial charge in [0.15, 0.2) is 11.5 Å². The number of rotatable bonds is 4. The number of hydrogen-bond acceptors (Lipinski definition) is 5. The van der Waals surface area contributed by atoms with Gasteiger partial charge in [0.1, 0.15) is 5.69 Å². The van der Waals surface area contributed by atoms with Crippen LogP contribution in [0.1, 0.15) is 18.4 Å². The molecule has 0 saturated carbocycles. The molecule has 0 bridgehead atoms. The van der Waals surface area contributed by atoms with Crippen molar-refractivity contribution in [3.05, 3.63) is 60.3 Å². The first kappa shape index (κ1) is 17.3. The third-order valence-corrected chi connectivity index (χ3v) is 5.68. The highest BCUT2D eigenvalue weighted by Gasteiger charge is 2.22. The Morgan fingerprint density at radius 2 is 2.04 bits per heavy atom. The molecule has 2 N–H and O–H groups in total. The van der Waals surface area contributed by atoms with E-state index in [2.05, 4.69) is 39.8 Å². The minimum absolute atomic E-state index is 0.203. The molecule has 3 aromatic heterocycles. The summed E-state index contributed by atoms with van der Waals surface area (Å²) in [6, 6.07) is 16.6. The van der Waals surface area contributed by atoms with Crippen LogP contribution in [-0.2, 0) is 6.42 Å². The number of aliphatic hydroxyl groups is 1. The molecule has 4 heterocycles. The molecule has 0 amide bonds. The SMILES string of the molecule is OC[C@@H]1C[C@@H](Cc2cccc3ccc(-c4nnc5ccccn45)nc23)CCN1. The minimum atomic E-state index is 0.203. The molecule has 0 aliphatic carbocycles. The van der Waals surface area contributed by atoms with Gasteiger partial charge in [-0.2, -0.15) is 0 Å². The van der Waals surface area contributed by atoms with Crippen molar-refractivity contribution in [2.75, 3.05) is 13.2 Å². The van der Waals surface area contributed by atoms with Crippen molar-refractivity contribution < 1.29 is 5.11 Å². The molecular weight excluding hydrogens is 350 g/mol. The molecule has 1 aliphatic heterocycles. The van der Waals surface area contributed by atoms with Crippen LogP contribution in [0.15, 0.2) is 54.7 Å². The van der Waals surface area contributed by atoms with Gasteiger partial charge in [-0.15, -0.1) is 10.2 Å². The Kier molecular flexibility index (Phi) is 4.50. The Morgan fingerprint density at radius 3 is 2.96 bits per heavy atom. The second kappa shape index (κ2) is 7.30. The van der Waals surface area contributed by atoms with Crippen LogP contribution >= 0.6 is 0 Å². The lowest BCUT2D eigenvalue weighted by Crippen LogP contribution is -2.40. The first-order valence-corrected chi connectivity index (χ1v) is 9.85. The maximum atomic E-state index is 9.49. The van der Waals surface area contributed by atoms with Crippen LogP contribution in [0.4, 0.5) is 0 Å². The monoisotopic (exact) mass is 373 g/mol. The quantitative estimate of drug-likeness (QED) is 0.575. The van der Waals surface area contributed by atoms with E-state index in [9.17, 15) is 5.11 Å². The van der Waals surface area contributed by atoms with Gasteiger partial charge in [-0.3, -0.25) is 4.40 Å². The second-order valence-electron chi connectivity index (χ2n) is 7.57. The van der Waals surface area contributed by atoms with Gasteiger partial charge in [-0.05, 0) is 55.5 Å². The van der Waals surface area contributed by atoms with Crippen molar-refractivity contribution in [2.24, 2.45) is 5.92 Å². The number of benzene rings is 1. The van der Waals surface area contributed by atoms with Crippen molar-refractivity contribution in [1.29, 1.82) is 0 Å². The molecule has 0 spiro atoms. The number of pyridine rings is 2. The van der Waals surface area contributed by atoms with E-state index < -0.39 is 0 Å². The normalized spacial score (nSPS) is 20.0. The largest absolute Gasteiger partial charge is 0.395 e. The fraction of sp³-hybridized carbons (Fsp3) is 0.318. The van der Waals surface area contributed by atoms with E-state index in [0.717, 1.165) is 53.9 Å². The van der Waals surface area contributed by atoms with Crippen LogP contribution in [0.2, 0.25) is 0 Å². The van der Waals surface area contributed by atoms with Gasteiger partial charge in [0.2, 0.25) is 0 Å². The average molecular weight is 373 g/mol. The van der Waals surface area contributed by atoms with Crippen LogP contribution < -0.4 is 5.32 Å². The highest BCUT2D eigenvalue weighted by atomic mass is 16.3. The summed E-state index contributed by atoms with van der Waals surface area (Å²) in [6.07, 6.45) is 5.07. The van der Waals surface area contributed by atoms with Crippen LogP contribution in [0.25, 0.3) is 28.1 Å². The Morgan fingerprint density at radius 1 is 1.07 bits per heavy atom. The number of fused-ring (bicyclic) bond motifs is 2. The standard InChI is InChI=1S/C22H23N5O/c28-14-18-13-15(9-10-23-18)12-17-5-3-4-16-7-8-19(24-21(16)17)22-26-25-20-6-1-2-11-27(20)22/h1-8,11,15,18,23,28H,9-10,12-14H2/t15-,18+/m1/s1.